The number of fused-ring (bicyclic) bond motifs is 1. The lowest BCUT2D eigenvalue weighted by atomic mass is 9.93. The largest absolute Gasteiger partial charge is 0.368 e. The predicted octanol–water partition coefficient (Wildman–Crippen LogP) is 1.83. The Morgan fingerprint density at radius 3 is 2.79 bits per heavy atom. The zero-order chi connectivity index (χ0) is 10.1. The van der Waals surface area contributed by atoms with Gasteiger partial charge in [0.1, 0.15) is 46.0 Å². The van der Waals surface area contributed by atoms with E-state index in [4.69, 9.17) is 10.9 Å². The topological polar surface area (TPSA) is 47.9 Å². The molecule has 2 rings (SSSR count). The van der Waals surface area contributed by atoms with Gasteiger partial charge in [0.05, 0.1) is 18.8 Å². The van der Waals surface area contributed by atoms with Crippen molar-refractivity contribution in [1.29, 1.82) is 0 Å². The number of hydrogen-bond donors (Lipinski definition) is 1. The second kappa shape index (κ2) is 5.09. The summed E-state index contributed by atoms with van der Waals surface area (Å²) in [6.07, 6.45) is 1.35. The molecule has 1 heterocycles. The van der Waals surface area contributed by atoms with Crippen molar-refractivity contribution in [3.63, 3.8) is 0 Å². The summed E-state index contributed by atoms with van der Waals surface area (Å²) < 4.78 is 15.9. The number of halogens is 2. The van der Waals surface area contributed by atoms with Gasteiger partial charge < -0.3 is 16.0 Å². The van der Waals surface area contributed by atoms with Crippen molar-refractivity contribution in [2.75, 3.05) is 6.61 Å². The molecule has 1 aliphatic heterocycles. The smallest absolute Gasteiger partial charge is 0.155 e. The Kier molecular flexibility index (Phi) is 4.28. The molecular formula is C8H12I2O4. The maximum atomic E-state index is 9.37. The molecule has 2 aliphatic rings. The fourth-order valence-electron chi connectivity index (χ4n) is 2.51. The molecule has 1 N–H and O–H groups in total. The van der Waals surface area contributed by atoms with Crippen molar-refractivity contribution in [2.24, 2.45) is 11.8 Å². The van der Waals surface area contributed by atoms with E-state index >= 15 is 0 Å². The first-order chi connectivity index (χ1) is 6.76. The Morgan fingerprint density at radius 1 is 1.36 bits per heavy atom. The van der Waals surface area contributed by atoms with Gasteiger partial charge in [0.15, 0.2) is 6.29 Å². The lowest BCUT2D eigenvalue weighted by Gasteiger charge is -2.19. The van der Waals surface area contributed by atoms with Gasteiger partial charge in [-0.05, 0) is 5.92 Å². The van der Waals surface area contributed by atoms with Crippen LogP contribution in [0.4, 0.5) is 0 Å². The van der Waals surface area contributed by atoms with E-state index in [1.54, 1.807) is 0 Å². The monoisotopic (exact) mass is 426 g/mol. The van der Waals surface area contributed by atoms with Gasteiger partial charge in [-0.25, -0.2) is 0 Å². The van der Waals surface area contributed by atoms with Crippen molar-refractivity contribution in [3.8, 4) is 0 Å². The van der Waals surface area contributed by atoms with Crippen LogP contribution >= 0.6 is 46.0 Å². The molecule has 0 bridgehead atoms. The first-order valence-electron chi connectivity index (χ1n) is 4.60. The Balaban J connectivity index is 2.02. The fourth-order valence-corrected chi connectivity index (χ4v) is 3.51. The lowest BCUT2D eigenvalue weighted by molar-refractivity contribution is -0.0935. The summed E-state index contributed by atoms with van der Waals surface area (Å²) >= 11 is 3.84. The number of rotatable bonds is 3. The van der Waals surface area contributed by atoms with E-state index in [-0.39, 0.29) is 12.2 Å². The van der Waals surface area contributed by atoms with Crippen molar-refractivity contribution in [2.45, 2.75) is 31.3 Å². The number of aliphatic hydroxyl groups excluding tert-OH is 1. The Hall–Kier alpha value is 1.30. The van der Waals surface area contributed by atoms with Crippen molar-refractivity contribution < 1.29 is 16.0 Å². The molecule has 0 aromatic rings. The highest BCUT2D eigenvalue weighted by Crippen LogP contribution is 2.44. The third-order valence-electron chi connectivity index (χ3n) is 3.15. The Morgan fingerprint density at radius 2 is 2.14 bits per heavy atom. The summed E-state index contributed by atoms with van der Waals surface area (Å²) in [5, 5.41) is 9.37. The molecule has 82 valence electrons. The zero-order valence-corrected chi connectivity index (χ0v) is 11.8. The summed E-state index contributed by atoms with van der Waals surface area (Å²) in [7, 11) is 0. The highest BCUT2D eigenvalue weighted by atomic mass is 127. The molecule has 6 heteroatoms. The molecule has 2 fully saturated rings. The van der Waals surface area contributed by atoms with Gasteiger partial charge in [-0.3, -0.25) is 0 Å². The number of aliphatic hydroxyl groups is 1. The standard InChI is InChI=1S/C8H12I2O4/c9-12-3-5-4-1-8(11)13-6(4)2-7(5)14-10/h4-8,11H,1-3H2/t4-,5-,6+,7-,8?/m1/s1. The predicted molar refractivity (Wildman–Crippen MR) is 66.0 cm³/mol. The average molecular weight is 426 g/mol. The van der Waals surface area contributed by atoms with Gasteiger partial charge >= 0.3 is 0 Å². The number of hydrogen-bond acceptors (Lipinski definition) is 4. The van der Waals surface area contributed by atoms with Gasteiger partial charge in [0.25, 0.3) is 0 Å². The van der Waals surface area contributed by atoms with Gasteiger partial charge in [-0.15, -0.1) is 0 Å². The van der Waals surface area contributed by atoms with E-state index in [9.17, 15) is 5.11 Å². The molecule has 1 saturated heterocycles. The lowest BCUT2D eigenvalue weighted by Crippen LogP contribution is -2.24. The molecule has 0 amide bonds. The maximum Gasteiger partial charge on any atom is 0.155 e. The van der Waals surface area contributed by atoms with Crippen LogP contribution in [-0.4, -0.2) is 30.2 Å². The van der Waals surface area contributed by atoms with Crippen LogP contribution in [0.15, 0.2) is 0 Å². The van der Waals surface area contributed by atoms with E-state index in [0.717, 1.165) is 6.42 Å². The summed E-state index contributed by atoms with van der Waals surface area (Å²) in [5.74, 6) is 0.741. The van der Waals surface area contributed by atoms with Crippen molar-refractivity contribution >= 4 is 46.0 Å². The molecule has 14 heavy (non-hydrogen) atoms. The minimum absolute atomic E-state index is 0.154. The average Bonchev–Trinajstić information content (AvgIpc) is 2.64. The van der Waals surface area contributed by atoms with E-state index in [0.29, 0.717) is 24.9 Å². The summed E-state index contributed by atoms with van der Waals surface area (Å²) in [6, 6.07) is 0. The van der Waals surface area contributed by atoms with Crippen LogP contribution in [0.1, 0.15) is 12.8 Å². The Labute approximate surface area is 111 Å². The Bertz CT molecular complexity index is 204. The fraction of sp³-hybridized carbons (Fsp3) is 1.00. The SMILES string of the molecule is OC1C[C@@H]2[C@@H](COI)[C@H](OI)C[C@@H]2O1. The second-order valence-electron chi connectivity index (χ2n) is 3.83. The second-order valence-corrected chi connectivity index (χ2v) is 4.96. The third-order valence-corrected chi connectivity index (χ3v) is 4.16. The van der Waals surface area contributed by atoms with Gasteiger partial charge in [0.2, 0.25) is 0 Å². The molecule has 0 aromatic carbocycles. The van der Waals surface area contributed by atoms with Crippen molar-refractivity contribution in [1.82, 2.24) is 0 Å². The minimum Gasteiger partial charge on any atom is -0.368 e. The summed E-state index contributed by atoms with van der Waals surface area (Å²) in [6.45, 7) is 0.672. The highest BCUT2D eigenvalue weighted by Gasteiger charge is 2.49. The van der Waals surface area contributed by atoms with Gasteiger partial charge in [-0.1, -0.05) is 0 Å². The normalized spacial score (nSPS) is 46.9. The molecule has 1 aliphatic carbocycles. The molecule has 1 saturated carbocycles. The zero-order valence-electron chi connectivity index (χ0n) is 7.44. The van der Waals surface area contributed by atoms with Crippen LogP contribution in [0, 0.1) is 11.8 Å². The molecular weight excluding hydrogens is 414 g/mol. The van der Waals surface area contributed by atoms with Crippen LogP contribution in [-0.2, 0) is 10.9 Å². The minimum atomic E-state index is -0.586. The van der Waals surface area contributed by atoms with E-state index < -0.39 is 6.29 Å². The third kappa shape index (κ3) is 2.19. The molecule has 5 atom stereocenters. The van der Waals surface area contributed by atoms with Crippen LogP contribution in [0.5, 0.6) is 0 Å². The molecule has 1 unspecified atom stereocenters. The first-order valence-corrected chi connectivity index (χ1v) is 6.37. The van der Waals surface area contributed by atoms with E-state index in [2.05, 4.69) is 0 Å². The van der Waals surface area contributed by atoms with Crippen LogP contribution in [0.3, 0.4) is 0 Å². The highest BCUT2D eigenvalue weighted by molar-refractivity contribution is 14.1. The van der Waals surface area contributed by atoms with E-state index in [1.165, 1.54) is 0 Å². The van der Waals surface area contributed by atoms with Crippen LogP contribution < -0.4 is 0 Å². The van der Waals surface area contributed by atoms with Crippen LogP contribution in [0.25, 0.3) is 0 Å². The van der Waals surface area contributed by atoms with Gasteiger partial charge in [-0.2, -0.15) is 0 Å². The summed E-state index contributed by atoms with van der Waals surface area (Å²) in [4.78, 5) is 0. The number of ether oxygens (including phenoxy) is 1. The molecule has 0 radical (unpaired) electrons. The maximum absolute atomic E-state index is 9.37. The molecule has 0 aromatic heterocycles. The van der Waals surface area contributed by atoms with E-state index in [1.807, 2.05) is 46.0 Å². The quantitative estimate of drug-likeness (QED) is 0.701. The van der Waals surface area contributed by atoms with Crippen molar-refractivity contribution in [3.05, 3.63) is 0 Å². The molecule has 4 nitrogen and oxygen atoms in total. The first kappa shape index (κ1) is 11.8. The summed E-state index contributed by atoms with van der Waals surface area (Å²) in [5.41, 5.74) is 0. The van der Waals surface area contributed by atoms with Crippen LogP contribution in [0.2, 0.25) is 0 Å². The molecule has 0 spiro atoms. The van der Waals surface area contributed by atoms with Gasteiger partial charge in [0, 0.05) is 18.8 Å².